The van der Waals surface area contributed by atoms with E-state index in [-0.39, 0.29) is 6.04 Å². The largest absolute Gasteiger partial charge is 0.497 e. The Morgan fingerprint density at radius 3 is 2.44 bits per heavy atom. The van der Waals surface area contributed by atoms with Crippen LogP contribution >= 0.6 is 0 Å². The summed E-state index contributed by atoms with van der Waals surface area (Å²) >= 11 is 0. The van der Waals surface area contributed by atoms with Crippen molar-refractivity contribution in [1.29, 1.82) is 0 Å². The lowest BCUT2D eigenvalue weighted by atomic mass is 10.0. The molecule has 0 aliphatic heterocycles. The molecule has 96 valence electrons. The van der Waals surface area contributed by atoms with E-state index in [1.165, 1.54) is 0 Å². The monoisotopic (exact) mass is 246 g/mol. The van der Waals surface area contributed by atoms with Gasteiger partial charge < -0.3 is 14.4 Å². The van der Waals surface area contributed by atoms with E-state index in [0.717, 1.165) is 17.1 Å². The van der Waals surface area contributed by atoms with E-state index in [0.29, 0.717) is 0 Å². The second-order valence-electron chi connectivity index (χ2n) is 4.34. The second-order valence-corrected chi connectivity index (χ2v) is 4.34. The van der Waals surface area contributed by atoms with Crippen molar-refractivity contribution in [2.24, 2.45) is 0 Å². The van der Waals surface area contributed by atoms with Gasteiger partial charge in [-0.1, -0.05) is 12.1 Å². The topological polar surface area (TPSA) is 47.3 Å². The van der Waals surface area contributed by atoms with E-state index >= 15 is 0 Å². The number of nitrogens with zero attached hydrogens (tertiary/aromatic N) is 2. The molecule has 1 heterocycles. The normalized spacial score (nSPS) is 14.2. The maximum Gasteiger partial charge on any atom is 0.118 e. The number of aryl methyl sites for hydroxylation is 1. The van der Waals surface area contributed by atoms with Crippen LogP contribution < -0.4 is 4.74 Å². The van der Waals surface area contributed by atoms with Crippen molar-refractivity contribution in [1.82, 2.24) is 9.55 Å². The maximum absolute atomic E-state index is 10.4. The van der Waals surface area contributed by atoms with Gasteiger partial charge in [0, 0.05) is 12.4 Å². The molecule has 18 heavy (non-hydrogen) atoms. The van der Waals surface area contributed by atoms with E-state index in [1.807, 2.05) is 48.9 Å². The third-order valence-electron chi connectivity index (χ3n) is 3.22. The van der Waals surface area contributed by atoms with Crippen LogP contribution in [0.1, 0.15) is 30.5 Å². The fourth-order valence-electron chi connectivity index (χ4n) is 2.05. The smallest absolute Gasteiger partial charge is 0.118 e. The van der Waals surface area contributed by atoms with Crippen LogP contribution in [0.3, 0.4) is 0 Å². The van der Waals surface area contributed by atoms with Gasteiger partial charge in [-0.2, -0.15) is 0 Å². The number of aromatic nitrogens is 2. The molecule has 2 unspecified atom stereocenters. The van der Waals surface area contributed by atoms with Crippen molar-refractivity contribution in [3.8, 4) is 5.75 Å². The highest BCUT2D eigenvalue weighted by Crippen LogP contribution is 2.27. The minimum Gasteiger partial charge on any atom is -0.497 e. The molecule has 0 spiro atoms. The SMILES string of the molecule is COc1ccc(C(O)C(C)n2ccnc2C)cc1. The molecule has 0 radical (unpaired) electrons. The minimum atomic E-state index is -0.566. The average Bonchev–Trinajstić information content (AvgIpc) is 2.83. The highest BCUT2D eigenvalue weighted by Gasteiger charge is 2.18. The van der Waals surface area contributed by atoms with Crippen molar-refractivity contribution in [2.75, 3.05) is 7.11 Å². The molecule has 0 saturated heterocycles. The molecule has 4 heteroatoms. The Kier molecular flexibility index (Phi) is 3.67. The molecule has 0 saturated carbocycles. The zero-order chi connectivity index (χ0) is 13.1. The van der Waals surface area contributed by atoms with E-state index < -0.39 is 6.10 Å². The number of aliphatic hydroxyl groups excluding tert-OH is 1. The van der Waals surface area contributed by atoms with Gasteiger partial charge in [-0.15, -0.1) is 0 Å². The molecular weight excluding hydrogens is 228 g/mol. The summed E-state index contributed by atoms with van der Waals surface area (Å²) in [5.74, 6) is 1.69. The molecule has 0 bridgehead atoms. The molecule has 2 rings (SSSR count). The Hall–Kier alpha value is -1.81. The molecule has 1 aromatic heterocycles. The molecule has 2 atom stereocenters. The first-order chi connectivity index (χ1) is 8.63. The van der Waals surface area contributed by atoms with Crippen LogP contribution in [-0.4, -0.2) is 21.8 Å². The first-order valence-corrected chi connectivity index (χ1v) is 5.95. The molecule has 0 aliphatic carbocycles. The van der Waals surface area contributed by atoms with Crippen molar-refractivity contribution < 1.29 is 9.84 Å². The number of ether oxygens (including phenoxy) is 1. The number of imidazole rings is 1. The van der Waals surface area contributed by atoms with Gasteiger partial charge in [0.05, 0.1) is 19.3 Å². The summed E-state index contributed by atoms with van der Waals surface area (Å²) in [6.07, 6.45) is 3.06. The molecule has 0 aliphatic rings. The number of benzene rings is 1. The predicted octanol–water partition coefficient (Wildman–Crippen LogP) is 2.49. The zero-order valence-electron chi connectivity index (χ0n) is 10.9. The van der Waals surface area contributed by atoms with Gasteiger partial charge in [0.15, 0.2) is 0 Å². The van der Waals surface area contributed by atoms with E-state index in [9.17, 15) is 5.11 Å². The van der Waals surface area contributed by atoms with Gasteiger partial charge in [0.1, 0.15) is 11.6 Å². The summed E-state index contributed by atoms with van der Waals surface area (Å²) in [7, 11) is 1.63. The van der Waals surface area contributed by atoms with E-state index in [4.69, 9.17) is 4.74 Å². The maximum atomic E-state index is 10.4. The molecule has 0 fully saturated rings. The Balaban J connectivity index is 2.20. The Morgan fingerprint density at radius 1 is 1.28 bits per heavy atom. The molecule has 0 amide bonds. The summed E-state index contributed by atoms with van der Waals surface area (Å²) in [4.78, 5) is 4.17. The van der Waals surface area contributed by atoms with Crippen LogP contribution in [0.2, 0.25) is 0 Å². The van der Waals surface area contributed by atoms with Crippen LogP contribution in [0, 0.1) is 6.92 Å². The van der Waals surface area contributed by atoms with Crippen molar-refractivity contribution in [3.63, 3.8) is 0 Å². The summed E-state index contributed by atoms with van der Waals surface area (Å²) in [5, 5.41) is 10.4. The number of hydrogen-bond acceptors (Lipinski definition) is 3. The first kappa shape index (κ1) is 12.6. The van der Waals surface area contributed by atoms with Crippen molar-refractivity contribution in [2.45, 2.75) is 26.0 Å². The van der Waals surface area contributed by atoms with Crippen LogP contribution in [-0.2, 0) is 0 Å². The lowest BCUT2D eigenvalue weighted by molar-refractivity contribution is 0.121. The van der Waals surface area contributed by atoms with Crippen LogP contribution in [0.4, 0.5) is 0 Å². The van der Waals surface area contributed by atoms with Gasteiger partial charge in [-0.05, 0) is 31.5 Å². The van der Waals surface area contributed by atoms with Gasteiger partial charge in [-0.25, -0.2) is 4.98 Å². The van der Waals surface area contributed by atoms with E-state index in [2.05, 4.69) is 4.98 Å². The first-order valence-electron chi connectivity index (χ1n) is 5.95. The third-order valence-corrected chi connectivity index (χ3v) is 3.22. The minimum absolute atomic E-state index is 0.0547. The van der Waals surface area contributed by atoms with Crippen molar-refractivity contribution >= 4 is 0 Å². The third kappa shape index (κ3) is 2.38. The summed E-state index contributed by atoms with van der Waals surface area (Å²) in [5.41, 5.74) is 0.872. The zero-order valence-corrected chi connectivity index (χ0v) is 10.9. The average molecular weight is 246 g/mol. The summed E-state index contributed by atoms with van der Waals surface area (Å²) in [6, 6.07) is 7.41. The number of hydrogen-bond donors (Lipinski definition) is 1. The Morgan fingerprint density at radius 2 is 1.94 bits per heavy atom. The molecule has 4 nitrogen and oxygen atoms in total. The lowest BCUT2D eigenvalue weighted by Gasteiger charge is -2.22. The van der Waals surface area contributed by atoms with Crippen LogP contribution in [0.25, 0.3) is 0 Å². The van der Waals surface area contributed by atoms with Gasteiger partial charge in [0.2, 0.25) is 0 Å². The lowest BCUT2D eigenvalue weighted by Crippen LogP contribution is -2.15. The highest BCUT2D eigenvalue weighted by molar-refractivity contribution is 5.28. The van der Waals surface area contributed by atoms with Gasteiger partial charge in [0.25, 0.3) is 0 Å². The number of aliphatic hydroxyl groups is 1. The Bertz CT molecular complexity index is 505. The predicted molar refractivity (Wildman–Crippen MR) is 69.6 cm³/mol. The molecule has 2 aromatic rings. The number of methoxy groups -OCH3 is 1. The van der Waals surface area contributed by atoms with Crippen molar-refractivity contribution in [3.05, 3.63) is 48.0 Å². The van der Waals surface area contributed by atoms with Gasteiger partial charge >= 0.3 is 0 Å². The second kappa shape index (κ2) is 5.23. The fraction of sp³-hybridized carbons (Fsp3) is 0.357. The Labute approximate surface area is 107 Å². The summed E-state index contributed by atoms with van der Waals surface area (Å²) < 4.78 is 7.07. The molecule has 1 N–H and O–H groups in total. The van der Waals surface area contributed by atoms with Crippen LogP contribution in [0.15, 0.2) is 36.7 Å². The van der Waals surface area contributed by atoms with E-state index in [1.54, 1.807) is 13.3 Å². The summed E-state index contributed by atoms with van der Waals surface area (Å²) in [6.45, 7) is 3.90. The quantitative estimate of drug-likeness (QED) is 0.901. The number of rotatable bonds is 4. The van der Waals surface area contributed by atoms with Gasteiger partial charge in [-0.3, -0.25) is 0 Å². The fourth-order valence-corrected chi connectivity index (χ4v) is 2.05. The molecule has 1 aromatic carbocycles. The molecular formula is C14H18N2O2. The standard InChI is InChI=1S/C14H18N2O2/c1-10(16-9-8-15-11(16)2)14(17)12-4-6-13(18-3)7-5-12/h4-10,14,17H,1-3H3. The van der Waals surface area contributed by atoms with Crippen LogP contribution in [0.5, 0.6) is 5.75 Å². The highest BCUT2D eigenvalue weighted by atomic mass is 16.5.